The molecule has 0 bridgehead atoms. The molecule has 0 aliphatic carbocycles. The van der Waals surface area contributed by atoms with Crippen molar-refractivity contribution in [3.63, 3.8) is 0 Å². The molecule has 0 aromatic heterocycles. The number of unbranched alkanes of at least 4 members (excludes halogenated alkanes) is 1. The van der Waals surface area contributed by atoms with Crippen LogP contribution in [0.25, 0.3) is 0 Å². The van der Waals surface area contributed by atoms with Crippen molar-refractivity contribution in [3.05, 3.63) is 34.9 Å². The van der Waals surface area contributed by atoms with E-state index in [9.17, 15) is 9.59 Å². The van der Waals surface area contributed by atoms with Crippen LogP contribution in [0.5, 0.6) is 0 Å². The predicted octanol–water partition coefficient (Wildman–Crippen LogP) is 2.37. The predicted molar refractivity (Wildman–Crippen MR) is 96.1 cm³/mol. The highest BCUT2D eigenvalue weighted by molar-refractivity contribution is 6.33. The second-order valence-electron chi connectivity index (χ2n) is 5.46. The van der Waals surface area contributed by atoms with Crippen LogP contribution in [0.15, 0.2) is 24.3 Å². The van der Waals surface area contributed by atoms with Crippen LogP contribution >= 0.6 is 24.0 Å². The van der Waals surface area contributed by atoms with Gasteiger partial charge in [-0.1, -0.05) is 37.6 Å². The molecule has 0 aliphatic rings. The van der Waals surface area contributed by atoms with Crippen LogP contribution in [0, 0.1) is 5.92 Å². The first-order valence-corrected chi connectivity index (χ1v) is 7.88. The fraction of sp³-hybridized carbons (Fsp3) is 0.500. The van der Waals surface area contributed by atoms with Crippen LogP contribution in [0.1, 0.15) is 37.0 Å². The fourth-order valence-corrected chi connectivity index (χ4v) is 2.21. The first-order valence-electron chi connectivity index (χ1n) is 7.50. The van der Waals surface area contributed by atoms with Crippen LogP contribution in [-0.4, -0.2) is 30.9 Å². The molecule has 4 N–H and O–H groups in total. The van der Waals surface area contributed by atoms with Gasteiger partial charge in [0.2, 0.25) is 5.91 Å². The van der Waals surface area contributed by atoms with Gasteiger partial charge in [0.25, 0.3) is 5.91 Å². The molecule has 7 heteroatoms. The van der Waals surface area contributed by atoms with E-state index < -0.39 is 6.04 Å². The molecule has 23 heavy (non-hydrogen) atoms. The minimum absolute atomic E-state index is 0. The molecule has 5 nitrogen and oxygen atoms in total. The lowest BCUT2D eigenvalue weighted by atomic mass is 10.0. The van der Waals surface area contributed by atoms with Gasteiger partial charge < -0.3 is 16.4 Å². The summed E-state index contributed by atoms with van der Waals surface area (Å²) in [7, 11) is 0. The molecule has 1 rings (SSSR count). The summed E-state index contributed by atoms with van der Waals surface area (Å²) in [4.78, 5) is 24.5. The summed E-state index contributed by atoms with van der Waals surface area (Å²) in [5.41, 5.74) is 5.78. The lowest BCUT2D eigenvalue weighted by Crippen LogP contribution is -2.50. The van der Waals surface area contributed by atoms with Gasteiger partial charge in [-0.15, -0.1) is 12.4 Å². The monoisotopic (exact) mass is 361 g/mol. The van der Waals surface area contributed by atoms with Crippen LogP contribution in [0.2, 0.25) is 5.02 Å². The van der Waals surface area contributed by atoms with E-state index in [2.05, 4.69) is 10.6 Å². The maximum atomic E-state index is 12.3. The van der Waals surface area contributed by atoms with E-state index in [0.29, 0.717) is 23.7 Å². The van der Waals surface area contributed by atoms with Crippen molar-refractivity contribution in [2.24, 2.45) is 11.7 Å². The van der Waals surface area contributed by atoms with Gasteiger partial charge >= 0.3 is 0 Å². The van der Waals surface area contributed by atoms with E-state index in [4.69, 9.17) is 17.3 Å². The minimum atomic E-state index is -0.596. The molecule has 0 fully saturated rings. The largest absolute Gasteiger partial charge is 0.354 e. The lowest BCUT2D eigenvalue weighted by Gasteiger charge is -2.22. The van der Waals surface area contributed by atoms with E-state index >= 15 is 0 Å². The average molecular weight is 362 g/mol. The number of carbonyl (C=O) groups excluding carboxylic acids is 2. The molecule has 0 radical (unpaired) electrons. The van der Waals surface area contributed by atoms with Gasteiger partial charge in [-0.25, -0.2) is 0 Å². The second-order valence-corrected chi connectivity index (χ2v) is 5.87. The maximum Gasteiger partial charge on any atom is 0.253 e. The number of halogens is 2. The summed E-state index contributed by atoms with van der Waals surface area (Å²) in [5, 5.41) is 5.95. The van der Waals surface area contributed by atoms with Crippen molar-refractivity contribution in [1.82, 2.24) is 10.6 Å². The number of carbonyl (C=O) groups is 2. The molecule has 0 saturated carbocycles. The number of nitrogens with one attached hydrogen (secondary N) is 2. The molecule has 0 aliphatic heterocycles. The average Bonchev–Trinajstić information content (AvgIpc) is 2.49. The molecule has 2 amide bonds. The van der Waals surface area contributed by atoms with Gasteiger partial charge in [0.05, 0.1) is 10.6 Å². The smallest absolute Gasteiger partial charge is 0.253 e. The minimum Gasteiger partial charge on any atom is -0.354 e. The Balaban J connectivity index is 0.00000484. The standard InChI is InChI=1S/C16H24ClN3O2.ClH/c1-11(2)14(16(22)19-10-6-5-9-18)20-15(21)12-7-3-4-8-13(12)17;/h3-4,7-8,11,14H,5-6,9-10,18H2,1-2H3,(H,19,22)(H,20,21);1H. The van der Waals surface area contributed by atoms with Crippen molar-refractivity contribution < 1.29 is 9.59 Å². The summed E-state index contributed by atoms with van der Waals surface area (Å²) < 4.78 is 0. The Hall–Kier alpha value is -1.30. The van der Waals surface area contributed by atoms with Crippen LogP contribution in [0.3, 0.4) is 0 Å². The normalized spacial score (nSPS) is 11.5. The van der Waals surface area contributed by atoms with Gasteiger partial charge in [-0.2, -0.15) is 0 Å². The number of hydrogen-bond donors (Lipinski definition) is 3. The molecule has 1 atom stereocenters. The number of nitrogens with two attached hydrogens (primary N) is 1. The summed E-state index contributed by atoms with van der Waals surface area (Å²) in [6.45, 7) is 4.93. The van der Waals surface area contributed by atoms with Crippen molar-refractivity contribution in [2.75, 3.05) is 13.1 Å². The zero-order chi connectivity index (χ0) is 16.5. The van der Waals surface area contributed by atoms with E-state index in [0.717, 1.165) is 12.8 Å². The Labute approximate surface area is 148 Å². The van der Waals surface area contributed by atoms with Crippen molar-refractivity contribution in [3.8, 4) is 0 Å². The van der Waals surface area contributed by atoms with Gasteiger partial charge in [0.1, 0.15) is 6.04 Å². The molecule has 0 spiro atoms. The first-order chi connectivity index (χ1) is 10.5. The summed E-state index contributed by atoms with van der Waals surface area (Å²) in [6, 6.07) is 6.17. The van der Waals surface area contributed by atoms with Gasteiger partial charge in [0, 0.05) is 6.54 Å². The van der Waals surface area contributed by atoms with E-state index in [1.54, 1.807) is 24.3 Å². The Morgan fingerprint density at radius 2 is 1.87 bits per heavy atom. The quantitative estimate of drug-likeness (QED) is 0.621. The molecular formula is C16H25Cl2N3O2. The number of hydrogen-bond acceptors (Lipinski definition) is 3. The Kier molecular flexibility index (Phi) is 10.6. The van der Waals surface area contributed by atoms with Gasteiger partial charge in [-0.05, 0) is 37.4 Å². The first kappa shape index (κ1) is 21.7. The topological polar surface area (TPSA) is 84.2 Å². The zero-order valence-electron chi connectivity index (χ0n) is 13.5. The Bertz CT molecular complexity index is 510. The van der Waals surface area contributed by atoms with Crippen molar-refractivity contribution in [2.45, 2.75) is 32.7 Å². The number of rotatable bonds is 8. The van der Waals surface area contributed by atoms with Crippen LogP contribution in [-0.2, 0) is 4.79 Å². The van der Waals surface area contributed by atoms with Gasteiger partial charge in [0.15, 0.2) is 0 Å². The highest BCUT2D eigenvalue weighted by Crippen LogP contribution is 2.15. The van der Waals surface area contributed by atoms with Gasteiger partial charge in [-0.3, -0.25) is 9.59 Å². The third kappa shape index (κ3) is 7.20. The molecular weight excluding hydrogens is 337 g/mol. The second kappa shape index (κ2) is 11.3. The Morgan fingerprint density at radius 1 is 1.22 bits per heavy atom. The fourth-order valence-electron chi connectivity index (χ4n) is 1.99. The third-order valence-corrected chi connectivity index (χ3v) is 3.61. The van der Waals surface area contributed by atoms with Crippen molar-refractivity contribution in [1.29, 1.82) is 0 Å². The highest BCUT2D eigenvalue weighted by atomic mass is 35.5. The molecule has 0 saturated heterocycles. The molecule has 1 aromatic rings. The number of amides is 2. The molecule has 1 aromatic carbocycles. The summed E-state index contributed by atoms with van der Waals surface area (Å²) in [5.74, 6) is -0.560. The lowest BCUT2D eigenvalue weighted by molar-refractivity contribution is -0.123. The number of benzene rings is 1. The molecule has 0 heterocycles. The summed E-state index contributed by atoms with van der Waals surface area (Å²) in [6.07, 6.45) is 1.68. The SMILES string of the molecule is CC(C)C(NC(=O)c1ccccc1Cl)C(=O)NCCCCN.Cl. The van der Waals surface area contributed by atoms with E-state index in [-0.39, 0.29) is 30.1 Å². The zero-order valence-corrected chi connectivity index (χ0v) is 15.0. The van der Waals surface area contributed by atoms with E-state index in [1.165, 1.54) is 0 Å². The summed E-state index contributed by atoms with van der Waals surface area (Å²) >= 11 is 6.01. The molecule has 1 unspecified atom stereocenters. The third-order valence-electron chi connectivity index (χ3n) is 3.28. The Morgan fingerprint density at radius 3 is 2.43 bits per heavy atom. The molecule has 130 valence electrons. The maximum absolute atomic E-state index is 12.3. The van der Waals surface area contributed by atoms with Crippen LogP contribution < -0.4 is 16.4 Å². The van der Waals surface area contributed by atoms with Crippen LogP contribution in [0.4, 0.5) is 0 Å². The van der Waals surface area contributed by atoms with Crippen molar-refractivity contribution >= 4 is 35.8 Å². The van der Waals surface area contributed by atoms with E-state index in [1.807, 2.05) is 13.8 Å². The highest BCUT2D eigenvalue weighted by Gasteiger charge is 2.24.